The Morgan fingerprint density at radius 3 is 2.83 bits per heavy atom. The lowest BCUT2D eigenvalue weighted by Crippen LogP contribution is -1.97. The van der Waals surface area contributed by atoms with Gasteiger partial charge in [-0.25, -0.2) is 9.67 Å². The third-order valence-corrected chi connectivity index (χ3v) is 1.54. The van der Waals surface area contributed by atoms with Gasteiger partial charge in [-0.1, -0.05) is 11.6 Å². The number of nitrogens with zero attached hydrogens (tertiary/aromatic N) is 4. The van der Waals surface area contributed by atoms with E-state index < -0.39 is 0 Å². The first kappa shape index (κ1) is 7.24. The van der Waals surface area contributed by atoms with Crippen LogP contribution in [0, 0.1) is 0 Å². The molecule has 2 aromatic rings. The molecule has 0 aliphatic rings. The van der Waals surface area contributed by atoms with Gasteiger partial charge in [0, 0.05) is 18.6 Å². The Kier molecular flexibility index (Phi) is 1.75. The van der Waals surface area contributed by atoms with Gasteiger partial charge in [0.2, 0.25) is 0 Å². The van der Waals surface area contributed by atoms with Gasteiger partial charge in [0.25, 0.3) is 0 Å². The molecule has 0 fully saturated rings. The lowest BCUT2D eigenvalue weighted by atomic mass is 10.6. The van der Waals surface area contributed by atoms with Crippen LogP contribution in [0.25, 0.3) is 5.82 Å². The van der Waals surface area contributed by atoms with Crippen molar-refractivity contribution in [3.05, 3.63) is 36.0 Å². The van der Waals surface area contributed by atoms with Crippen molar-refractivity contribution in [3.8, 4) is 5.82 Å². The van der Waals surface area contributed by atoms with E-state index in [9.17, 15) is 0 Å². The summed E-state index contributed by atoms with van der Waals surface area (Å²) in [5.74, 6) is 0.657. The molecule has 2 heterocycles. The predicted molar refractivity (Wildman–Crippen MR) is 44.2 cm³/mol. The van der Waals surface area contributed by atoms with Crippen LogP contribution in [-0.2, 0) is 0 Å². The van der Waals surface area contributed by atoms with E-state index in [4.69, 9.17) is 11.6 Å². The molecule has 0 saturated carbocycles. The summed E-state index contributed by atoms with van der Waals surface area (Å²) in [6.07, 6.45) is 6.55. The highest BCUT2D eigenvalue weighted by molar-refractivity contribution is 6.29. The Hall–Kier alpha value is -1.42. The van der Waals surface area contributed by atoms with Crippen molar-refractivity contribution in [2.45, 2.75) is 0 Å². The minimum Gasteiger partial charge on any atom is -0.259 e. The van der Waals surface area contributed by atoms with E-state index in [1.54, 1.807) is 35.5 Å². The molecule has 0 spiro atoms. The Morgan fingerprint density at radius 2 is 2.25 bits per heavy atom. The van der Waals surface area contributed by atoms with E-state index in [0.29, 0.717) is 11.0 Å². The van der Waals surface area contributed by atoms with Gasteiger partial charge in [0.1, 0.15) is 0 Å². The molecule has 4 nitrogen and oxygen atoms in total. The molecule has 2 aromatic heterocycles. The highest BCUT2D eigenvalue weighted by Crippen LogP contribution is 2.06. The number of rotatable bonds is 1. The smallest absolute Gasteiger partial charge is 0.171 e. The normalized spacial score (nSPS) is 10.1. The molecule has 0 aliphatic heterocycles. The Labute approximate surface area is 73.8 Å². The van der Waals surface area contributed by atoms with E-state index >= 15 is 0 Å². The summed E-state index contributed by atoms with van der Waals surface area (Å²) < 4.78 is 1.56. The minimum atomic E-state index is 0.445. The molecule has 0 atom stereocenters. The van der Waals surface area contributed by atoms with Gasteiger partial charge in [-0.15, -0.1) is 0 Å². The second kappa shape index (κ2) is 2.91. The van der Waals surface area contributed by atoms with Gasteiger partial charge in [-0.05, 0) is 6.07 Å². The average Bonchev–Trinajstić information content (AvgIpc) is 2.54. The number of hydrogen-bond donors (Lipinski definition) is 0. The van der Waals surface area contributed by atoms with Gasteiger partial charge in [-0.3, -0.25) is 4.98 Å². The number of aromatic nitrogens is 4. The van der Waals surface area contributed by atoms with Gasteiger partial charge in [0.15, 0.2) is 11.0 Å². The van der Waals surface area contributed by atoms with Crippen LogP contribution in [0.1, 0.15) is 0 Å². The number of halogens is 1. The van der Waals surface area contributed by atoms with Crippen molar-refractivity contribution in [2.24, 2.45) is 0 Å². The fourth-order valence-electron chi connectivity index (χ4n) is 0.839. The van der Waals surface area contributed by atoms with E-state index in [2.05, 4.69) is 15.1 Å². The van der Waals surface area contributed by atoms with Crippen LogP contribution in [0.2, 0.25) is 5.15 Å². The van der Waals surface area contributed by atoms with E-state index in [-0.39, 0.29) is 0 Å². The molecule has 0 bridgehead atoms. The predicted octanol–water partition coefficient (Wildman–Crippen LogP) is 1.32. The molecule has 0 saturated heterocycles. The van der Waals surface area contributed by atoms with Crippen molar-refractivity contribution >= 4 is 11.6 Å². The zero-order chi connectivity index (χ0) is 8.39. The summed E-state index contributed by atoms with van der Waals surface area (Å²) in [4.78, 5) is 7.95. The molecule has 0 amide bonds. The van der Waals surface area contributed by atoms with Crippen molar-refractivity contribution in [1.29, 1.82) is 0 Å². The standard InChI is InChI=1S/C7H5ClN4/c8-6-1-4-12(11-6)7-5-9-2-3-10-7/h1-5H. The molecule has 0 unspecified atom stereocenters. The first-order valence-corrected chi connectivity index (χ1v) is 3.71. The summed E-state index contributed by atoms with van der Waals surface area (Å²) in [6, 6.07) is 1.69. The van der Waals surface area contributed by atoms with Crippen molar-refractivity contribution in [3.63, 3.8) is 0 Å². The molecule has 2 rings (SSSR count). The molecular weight excluding hydrogens is 176 g/mol. The SMILES string of the molecule is Clc1ccn(-c2cnccn2)n1. The molecule has 12 heavy (non-hydrogen) atoms. The van der Waals surface area contributed by atoms with Gasteiger partial charge >= 0.3 is 0 Å². The lowest BCUT2D eigenvalue weighted by Gasteiger charge is -1.95. The summed E-state index contributed by atoms with van der Waals surface area (Å²) in [6.45, 7) is 0. The highest BCUT2D eigenvalue weighted by atomic mass is 35.5. The maximum absolute atomic E-state index is 5.63. The summed E-state index contributed by atoms with van der Waals surface area (Å²) in [5, 5.41) is 4.41. The quantitative estimate of drug-likeness (QED) is 0.665. The van der Waals surface area contributed by atoms with Crippen LogP contribution in [0.3, 0.4) is 0 Å². The van der Waals surface area contributed by atoms with E-state index in [1.165, 1.54) is 0 Å². The second-order valence-corrected chi connectivity index (χ2v) is 2.53. The van der Waals surface area contributed by atoms with E-state index in [0.717, 1.165) is 0 Å². The van der Waals surface area contributed by atoms with Crippen LogP contribution >= 0.6 is 11.6 Å². The van der Waals surface area contributed by atoms with Crippen LogP contribution in [0.5, 0.6) is 0 Å². The highest BCUT2D eigenvalue weighted by Gasteiger charge is 1.98. The zero-order valence-corrected chi connectivity index (χ0v) is 6.81. The van der Waals surface area contributed by atoms with Crippen LogP contribution in [-0.4, -0.2) is 19.7 Å². The number of hydrogen-bond acceptors (Lipinski definition) is 3. The fourth-order valence-corrected chi connectivity index (χ4v) is 0.977. The Morgan fingerprint density at radius 1 is 1.33 bits per heavy atom. The summed E-state index contributed by atoms with van der Waals surface area (Å²) in [7, 11) is 0. The lowest BCUT2D eigenvalue weighted by molar-refractivity contribution is 0.838. The van der Waals surface area contributed by atoms with Crippen LogP contribution in [0.4, 0.5) is 0 Å². The fraction of sp³-hybridized carbons (Fsp3) is 0. The molecular formula is C7H5ClN4. The van der Waals surface area contributed by atoms with Crippen LogP contribution < -0.4 is 0 Å². The maximum atomic E-state index is 5.63. The monoisotopic (exact) mass is 180 g/mol. The first-order valence-electron chi connectivity index (χ1n) is 3.34. The topological polar surface area (TPSA) is 43.6 Å². The molecule has 0 aliphatic carbocycles. The minimum absolute atomic E-state index is 0.445. The van der Waals surface area contributed by atoms with Gasteiger partial charge in [0.05, 0.1) is 6.20 Å². The summed E-state index contributed by atoms with van der Waals surface area (Å²) >= 11 is 5.63. The van der Waals surface area contributed by atoms with Crippen molar-refractivity contribution in [1.82, 2.24) is 19.7 Å². The average molecular weight is 181 g/mol. The van der Waals surface area contributed by atoms with E-state index in [1.807, 2.05) is 0 Å². The van der Waals surface area contributed by atoms with Crippen molar-refractivity contribution < 1.29 is 0 Å². The molecule has 5 heteroatoms. The maximum Gasteiger partial charge on any atom is 0.171 e. The second-order valence-electron chi connectivity index (χ2n) is 2.15. The molecule has 0 radical (unpaired) electrons. The molecule has 60 valence electrons. The zero-order valence-electron chi connectivity index (χ0n) is 6.05. The van der Waals surface area contributed by atoms with Crippen molar-refractivity contribution in [2.75, 3.05) is 0 Å². The van der Waals surface area contributed by atoms with Gasteiger partial charge < -0.3 is 0 Å². The third kappa shape index (κ3) is 1.29. The largest absolute Gasteiger partial charge is 0.259 e. The molecule has 0 aromatic carbocycles. The van der Waals surface area contributed by atoms with Crippen LogP contribution in [0.15, 0.2) is 30.9 Å². The Balaban J connectivity index is 2.45. The van der Waals surface area contributed by atoms with Gasteiger partial charge in [-0.2, -0.15) is 5.10 Å². The molecule has 0 N–H and O–H groups in total. The summed E-state index contributed by atoms with van der Waals surface area (Å²) in [5.41, 5.74) is 0. The first-order chi connectivity index (χ1) is 5.86. The third-order valence-electron chi connectivity index (χ3n) is 1.34. The Bertz CT molecular complexity index is 370.